The number of ether oxygens (including phenoxy) is 2. The number of fused-ring (bicyclic) bond motifs is 4. The molecule has 0 atom stereocenters. The van der Waals surface area contributed by atoms with Gasteiger partial charge in [-0.15, -0.1) is 0 Å². The molecular formula is C43H30BNO2. The van der Waals surface area contributed by atoms with Crippen molar-refractivity contribution in [3.05, 3.63) is 193 Å². The van der Waals surface area contributed by atoms with Crippen LogP contribution in [0.4, 0.5) is 17.1 Å². The molecule has 7 aromatic rings. The van der Waals surface area contributed by atoms with E-state index in [1.807, 2.05) is 18.2 Å². The molecule has 9 rings (SSSR count). The molecule has 0 fully saturated rings. The molecule has 0 radical (unpaired) electrons. The van der Waals surface area contributed by atoms with Crippen molar-refractivity contribution in [3.63, 3.8) is 0 Å². The van der Waals surface area contributed by atoms with Crippen LogP contribution in [0.3, 0.4) is 0 Å². The average Bonchev–Trinajstić information content (AvgIpc) is 3.13. The number of benzene rings is 7. The van der Waals surface area contributed by atoms with E-state index in [-0.39, 0.29) is 12.6 Å². The lowest BCUT2D eigenvalue weighted by atomic mass is 9.35. The molecule has 0 N–H and O–H groups in total. The normalized spacial score (nSPS) is 12.3. The van der Waals surface area contributed by atoms with Crippen molar-refractivity contribution >= 4 is 40.2 Å². The number of hydrogen-bond donors (Lipinski definition) is 0. The van der Waals surface area contributed by atoms with Gasteiger partial charge in [0.15, 0.2) is 0 Å². The predicted molar refractivity (Wildman–Crippen MR) is 193 cm³/mol. The Morgan fingerprint density at radius 1 is 0.383 bits per heavy atom. The van der Waals surface area contributed by atoms with Crippen LogP contribution in [-0.2, 0) is 0 Å². The Balaban J connectivity index is 1.17. The van der Waals surface area contributed by atoms with Gasteiger partial charge >= 0.3 is 0 Å². The van der Waals surface area contributed by atoms with Crippen molar-refractivity contribution in [1.82, 2.24) is 0 Å². The first-order chi connectivity index (χ1) is 23.3. The largest absolute Gasteiger partial charge is 0.458 e. The molecule has 0 bridgehead atoms. The first-order valence-corrected chi connectivity index (χ1v) is 16.1. The van der Waals surface area contributed by atoms with Crippen LogP contribution >= 0.6 is 0 Å². The van der Waals surface area contributed by atoms with E-state index in [0.29, 0.717) is 0 Å². The fraction of sp³-hybridized carbons (Fsp3) is 0.0233. The summed E-state index contributed by atoms with van der Waals surface area (Å²) in [6.07, 6.45) is 0. The Kier molecular flexibility index (Phi) is 6.64. The molecule has 7 aromatic carbocycles. The number of para-hydroxylation sites is 2. The summed E-state index contributed by atoms with van der Waals surface area (Å²) in [5, 5.41) is 0. The lowest BCUT2D eigenvalue weighted by Gasteiger charge is -2.34. The van der Waals surface area contributed by atoms with Gasteiger partial charge in [-0.3, -0.25) is 0 Å². The zero-order valence-electron chi connectivity index (χ0n) is 25.7. The Morgan fingerprint density at radius 3 is 1.43 bits per heavy atom. The van der Waals surface area contributed by atoms with Gasteiger partial charge in [-0.05, 0) is 76.1 Å². The molecule has 2 heterocycles. The summed E-state index contributed by atoms with van der Waals surface area (Å²) in [6.45, 7) is -0.00870. The zero-order chi connectivity index (χ0) is 31.2. The summed E-state index contributed by atoms with van der Waals surface area (Å²) in [7, 11) is 0. The molecule has 2 aliphatic heterocycles. The minimum absolute atomic E-state index is 0.00870. The number of nitrogens with zero attached hydrogens (tertiary/aromatic N) is 1. The highest BCUT2D eigenvalue weighted by atomic mass is 16.5. The smallest absolute Gasteiger partial charge is 0.260 e. The van der Waals surface area contributed by atoms with Crippen molar-refractivity contribution in [2.24, 2.45) is 0 Å². The van der Waals surface area contributed by atoms with Crippen LogP contribution in [0, 0.1) is 0 Å². The Hall–Kier alpha value is -6.00. The van der Waals surface area contributed by atoms with Crippen LogP contribution in [0.2, 0.25) is 0 Å². The van der Waals surface area contributed by atoms with E-state index in [1.54, 1.807) is 0 Å². The third-order valence-corrected chi connectivity index (χ3v) is 9.30. The second-order valence-electron chi connectivity index (χ2n) is 12.1. The van der Waals surface area contributed by atoms with E-state index in [0.717, 1.165) is 56.4 Å². The Labute approximate surface area is 275 Å². The molecule has 0 saturated carbocycles. The minimum Gasteiger partial charge on any atom is -0.458 e. The molecule has 0 amide bonds. The Morgan fingerprint density at radius 2 is 0.872 bits per heavy atom. The van der Waals surface area contributed by atoms with Crippen LogP contribution < -0.4 is 30.8 Å². The van der Waals surface area contributed by atoms with E-state index < -0.39 is 0 Å². The first-order valence-electron chi connectivity index (χ1n) is 16.1. The van der Waals surface area contributed by atoms with Gasteiger partial charge in [-0.1, -0.05) is 121 Å². The monoisotopic (exact) mass is 603 g/mol. The fourth-order valence-electron chi connectivity index (χ4n) is 7.22. The zero-order valence-corrected chi connectivity index (χ0v) is 25.7. The molecule has 0 aromatic heterocycles. The molecule has 3 nitrogen and oxygen atoms in total. The number of hydrogen-bond acceptors (Lipinski definition) is 3. The van der Waals surface area contributed by atoms with Crippen molar-refractivity contribution < 1.29 is 9.47 Å². The highest BCUT2D eigenvalue weighted by molar-refractivity contribution is 6.98. The third-order valence-electron chi connectivity index (χ3n) is 9.30. The second kappa shape index (κ2) is 11.4. The summed E-state index contributed by atoms with van der Waals surface area (Å²) in [5.41, 5.74) is 10.3. The minimum atomic E-state index is -0.00870. The topological polar surface area (TPSA) is 21.7 Å². The quantitative estimate of drug-likeness (QED) is 0.140. The highest BCUT2D eigenvalue weighted by Gasteiger charge is 2.40. The predicted octanol–water partition coefficient (Wildman–Crippen LogP) is 9.06. The maximum Gasteiger partial charge on any atom is 0.260 e. The van der Waals surface area contributed by atoms with Gasteiger partial charge in [0.25, 0.3) is 6.71 Å². The van der Waals surface area contributed by atoms with Crippen LogP contribution in [0.1, 0.15) is 22.6 Å². The van der Waals surface area contributed by atoms with E-state index in [2.05, 4.69) is 163 Å². The summed E-state index contributed by atoms with van der Waals surface area (Å²) in [5.74, 6) is 3.52. The van der Waals surface area contributed by atoms with Gasteiger partial charge in [-0.25, -0.2) is 0 Å². The molecule has 222 valence electrons. The lowest BCUT2D eigenvalue weighted by Crippen LogP contribution is -2.57. The second-order valence-corrected chi connectivity index (χ2v) is 12.1. The van der Waals surface area contributed by atoms with Crippen molar-refractivity contribution in [1.29, 1.82) is 0 Å². The van der Waals surface area contributed by atoms with E-state index >= 15 is 0 Å². The summed E-state index contributed by atoms with van der Waals surface area (Å²) in [4.78, 5) is 2.27. The van der Waals surface area contributed by atoms with E-state index in [1.165, 1.54) is 16.7 Å². The molecule has 0 aliphatic carbocycles. The van der Waals surface area contributed by atoms with E-state index in [9.17, 15) is 0 Å². The van der Waals surface area contributed by atoms with E-state index in [4.69, 9.17) is 9.47 Å². The SMILES string of the molecule is c1ccc(C(c2ccccc2)c2ccc3c(c2)Oc2cccc4c2B3c2ccc(N(c3ccccc3)c3ccccc3)cc2O4)cc1. The molecule has 2 aliphatic rings. The highest BCUT2D eigenvalue weighted by Crippen LogP contribution is 2.40. The van der Waals surface area contributed by atoms with Crippen molar-refractivity contribution in [2.45, 2.75) is 5.92 Å². The summed E-state index contributed by atoms with van der Waals surface area (Å²) < 4.78 is 13.4. The standard InChI is InChI=1S/C43H30BNO2/c1-5-14-30(15-6-1)42(31-16-7-2-8-17-31)32-24-26-36-40(28-32)46-38-22-13-23-39-43(38)44(36)37-27-25-35(29-41(37)47-39)45(33-18-9-3-10-19-33)34-20-11-4-12-21-34/h1-29,42H. The summed E-state index contributed by atoms with van der Waals surface area (Å²) in [6, 6.07) is 61.9. The molecule has 4 heteroatoms. The molecule has 0 unspecified atom stereocenters. The summed E-state index contributed by atoms with van der Waals surface area (Å²) >= 11 is 0. The van der Waals surface area contributed by atoms with Crippen molar-refractivity contribution in [3.8, 4) is 23.0 Å². The van der Waals surface area contributed by atoms with Gasteiger partial charge in [0.05, 0.1) is 0 Å². The van der Waals surface area contributed by atoms with Gasteiger partial charge in [0, 0.05) is 34.5 Å². The maximum atomic E-state index is 6.69. The fourth-order valence-corrected chi connectivity index (χ4v) is 7.22. The van der Waals surface area contributed by atoms with Gasteiger partial charge < -0.3 is 14.4 Å². The molecule has 47 heavy (non-hydrogen) atoms. The number of rotatable bonds is 6. The van der Waals surface area contributed by atoms with Crippen molar-refractivity contribution in [2.75, 3.05) is 4.90 Å². The van der Waals surface area contributed by atoms with Gasteiger partial charge in [-0.2, -0.15) is 0 Å². The molecule has 0 saturated heterocycles. The first kappa shape index (κ1) is 27.3. The van der Waals surface area contributed by atoms with Crippen LogP contribution in [0.25, 0.3) is 0 Å². The van der Waals surface area contributed by atoms with Crippen LogP contribution in [0.5, 0.6) is 23.0 Å². The van der Waals surface area contributed by atoms with Crippen LogP contribution in [0.15, 0.2) is 176 Å². The lowest BCUT2D eigenvalue weighted by molar-refractivity contribution is 0.464. The van der Waals surface area contributed by atoms with Gasteiger partial charge in [0.1, 0.15) is 23.0 Å². The Bertz CT molecular complexity index is 1970. The molecule has 0 spiro atoms. The maximum absolute atomic E-state index is 6.69. The van der Waals surface area contributed by atoms with Crippen LogP contribution in [-0.4, -0.2) is 6.71 Å². The molecular weight excluding hydrogens is 573 g/mol. The number of anilines is 3. The third kappa shape index (κ3) is 4.77. The average molecular weight is 604 g/mol. The van der Waals surface area contributed by atoms with Gasteiger partial charge in [0.2, 0.25) is 0 Å².